The van der Waals surface area contributed by atoms with Gasteiger partial charge in [0.25, 0.3) is 0 Å². The minimum Gasteiger partial charge on any atom is -0.340 e. The molecule has 4 heteroatoms. The lowest BCUT2D eigenvalue weighted by atomic mass is 10.4. The lowest BCUT2D eigenvalue weighted by Crippen LogP contribution is -1.94. The van der Waals surface area contributed by atoms with E-state index < -0.39 is 0 Å². The van der Waals surface area contributed by atoms with Gasteiger partial charge in [-0.3, -0.25) is 0 Å². The zero-order chi connectivity index (χ0) is 9.26. The number of nitrogens with zero attached hydrogens (tertiary/aromatic N) is 3. The van der Waals surface area contributed by atoms with Crippen LogP contribution < -0.4 is 0 Å². The fraction of sp³-hybridized carbons (Fsp3) is 0.111. The molecule has 0 N–H and O–H groups in total. The highest BCUT2D eigenvalue weighted by Crippen LogP contribution is 2.19. The number of allylic oxidation sites excluding steroid dienone is 1. The second kappa shape index (κ2) is 3.18. The molecule has 0 bridgehead atoms. The maximum absolute atomic E-state index is 5.93. The van der Waals surface area contributed by atoms with Gasteiger partial charge in [0, 0.05) is 12.7 Å². The van der Waals surface area contributed by atoms with Crippen molar-refractivity contribution in [1.29, 1.82) is 0 Å². The Hall–Kier alpha value is -1.35. The first-order chi connectivity index (χ1) is 6.33. The quantitative estimate of drug-likeness (QED) is 0.541. The summed E-state index contributed by atoms with van der Waals surface area (Å²) in [6.45, 7) is 4.39. The van der Waals surface area contributed by atoms with Gasteiger partial charge in [0.05, 0.1) is 5.52 Å². The lowest BCUT2D eigenvalue weighted by molar-refractivity contribution is 0.862. The van der Waals surface area contributed by atoms with E-state index in [1.165, 1.54) is 6.33 Å². The van der Waals surface area contributed by atoms with E-state index >= 15 is 0 Å². The minimum absolute atomic E-state index is 0.483. The van der Waals surface area contributed by atoms with Crippen LogP contribution in [0.4, 0.5) is 0 Å². The number of aromatic nitrogens is 3. The maximum atomic E-state index is 5.93. The summed E-state index contributed by atoms with van der Waals surface area (Å²) in [4.78, 5) is 8.02. The summed E-state index contributed by atoms with van der Waals surface area (Å²) in [5.74, 6) is 0. The molecular weight excluding hydrogens is 186 g/mol. The predicted octanol–water partition coefficient (Wildman–Crippen LogP) is 2.27. The summed E-state index contributed by atoms with van der Waals surface area (Å²) in [6.07, 6.45) is 5.19. The number of hydrogen-bond acceptors (Lipinski definition) is 2. The summed E-state index contributed by atoms with van der Waals surface area (Å²) in [5.41, 5.74) is 1.73. The Morgan fingerprint density at radius 2 is 2.38 bits per heavy atom. The van der Waals surface area contributed by atoms with Gasteiger partial charge in [-0.05, 0) is 6.07 Å². The monoisotopic (exact) mass is 193 g/mol. The molecule has 0 aromatic carbocycles. The van der Waals surface area contributed by atoms with Gasteiger partial charge in [0.2, 0.25) is 0 Å². The molecular formula is C9H8ClN3. The maximum Gasteiger partial charge on any atom is 0.156 e. The molecule has 2 aromatic rings. The highest BCUT2D eigenvalue weighted by atomic mass is 35.5. The van der Waals surface area contributed by atoms with Crippen molar-refractivity contribution in [2.45, 2.75) is 6.54 Å². The van der Waals surface area contributed by atoms with Crippen LogP contribution in [-0.4, -0.2) is 14.5 Å². The molecule has 3 nitrogen and oxygen atoms in total. The Morgan fingerprint density at radius 1 is 1.54 bits per heavy atom. The Balaban J connectivity index is 2.70. The van der Waals surface area contributed by atoms with E-state index in [0.717, 1.165) is 17.6 Å². The lowest BCUT2D eigenvalue weighted by Gasteiger charge is -2.00. The third-order valence-electron chi connectivity index (χ3n) is 1.83. The first kappa shape index (κ1) is 8.26. The van der Waals surface area contributed by atoms with Crippen LogP contribution in [-0.2, 0) is 6.54 Å². The largest absolute Gasteiger partial charge is 0.340 e. The average Bonchev–Trinajstić information content (AvgIpc) is 2.51. The van der Waals surface area contributed by atoms with Gasteiger partial charge in [-0.25, -0.2) is 9.97 Å². The van der Waals surface area contributed by atoms with E-state index in [2.05, 4.69) is 16.5 Å². The third-order valence-corrected chi connectivity index (χ3v) is 2.11. The van der Waals surface area contributed by atoms with Crippen LogP contribution in [0.25, 0.3) is 11.0 Å². The van der Waals surface area contributed by atoms with Crippen LogP contribution in [0.5, 0.6) is 0 Å². The van der Waals surface area contributed by atoms with E-state index in [4.69, 9.17) is 11.6 Å². The van der Waals surface area contributed by atoms with E-state index in [1.54, 1.807) is 0 Å². The Morgan fingerprint density at radius 3 is 3.15 bits per heavy atom. The molecule has 0 saturated heterocycles. The van der Waals surface area contributed by atoms with E-state index in [9.17, 15) is 0 Å². The fourth-order valence-corrected chi connectivity index (χ4v) is 1.53. The van der Waals surface area contributed by atoms with E-state index in [0.29, 0.717) is 5.15 Å². The Bertz CT molecular complexity index is 447. The molecule has 66 valence electrons. The van der Waals surface area contributed by atoms with Crippen molar-refractivity contribution >= 4 is 22.6 Å². The van der Waals surface area contributed by atoms with Crippen molar-refractivity contribution in [3.05, 3.63) is 36.4 Å². The van der Waals surface area contributed by atoms with Crippen molar-refractivity contribution in [3.63, 3.8) is 0 Å². The van der Waals surface area contributed by atoms with Gasteiger partial charge in [0.15, 0.2) is 5.15 Å². The van der Waals surface area contributed by atoms with Gasteiger partial charge >= 0.3 is 0 Å². The first-order valence-electron chi connectivity index (χ1n) is 3.89. The molecule has 0 unspecified atom stereocenters. The van der Waals surface area contributed by atoms with Gasteiger partial charge in [-0.1, -0.05) is 17.7 Å². The molecule has 2 rings (SSSR count). The zero-order valence-corrected chi connectivity index (χ0v) is 7.70. The highest BCUT2D eigenvalue weighted by molar-refractivity contribution is 6.33. The van der Waals surface area contributed by atoms with Crippen molar-refractivity contribution in [1.82, 2.24) is 14.5 Å². The van der Waals surface area contributed by atoms with Crippen LogP contribution in [0.2, 0.25) is 5.15 Å². The van der Waals surface area contributed by atoms with E-state index in [-0.39, 0.29) is 0 Å². The molecule has 13 heavy (non-hydrogen) atoms. The smallest absolute Gasteiger partial charge is 0.156 e. The molecule has 0 aliphatic rings. The number of halogens is 1. The molecule has 2 aromatic heterocycles. The summed E-state index contributed by atoms with van der Waals surface area (Å²) < 4.78 is 1.96. The van der Waals surface area contributed by atoms with Crippen LogP contribution in [0.15, 0.2) is 31.2 Å². The number of rotatable bonds is 2. The molecule has 0 saturated carbocycles. The fourth-order valence-electron chi connectivity index (χ4n) is 1.28. The van der Waals surface area contributed by atoms with E-state index in [1.807, 2.05) is 22.9 Å². The standard InChI is InChI=1S/C9H8ClN3/c1-2-4-13-5-3-7-8(13)9(10)12-6-11-7/h2-3,5-6H,1,4H2. The van der Waals surface area contributed by atoms with Crippen molar-refractivity contribution in [2.24, 2.45) is 0 Å². The normalized spacial score (nSPS) is 10.5. The molecule has 0 spiro atoms. The summed E-state index contributed by atoms with van der Waals surface area (Å²) in [6, 6.07) is 1.91. The minimum atomic E-state index is 0.483. The predicted molar refractivity (Wildman–Crippen MR) is 52.7 cm³/mol. The Labute approximate surface area is 80.7 Å². The zero-order valence-electron chi connectivity index (χ0n) is 6.94. The summed E-state index contributed by atoms with van der Waals surface area (Å²) in [7, 11) is 0. The molecule has 0 amide bonds. The number of hydrogen-bond donors (Lipinski definition) is 0. The van der Waals surface area contributed by atoms with Gasteiger partial charge in [-0.15, -0.1) is 6.58 Å². The average molecular weight is 194 g/mol. The molecule has 2 heterocycles. The second-order valence-corrected chi connectivity index (χ2v) is 3.01. The first-order valence-corrected chi connectivity index (χ1v) is 4.27. The van der Waals surface area contributed by atoms with Crippen molar-refractivity contribution in [3.8, 4) is 0 Å². The van der Waals surface area contributed by atoms with Gasteiger partial charge in [-0.2, -0.15) is 0 Å². The summed E-state index contributed by atoms with van der Waals surface area (Å²) >= 11 is 5.93. The molecule has 0 atom stereocenters. The van der Waals surface area contributed by atoms with Crippen molar-refractivity contribution in [2.75, 3.05) is 0 Å². The van der Waals surface area contributed by atoms with Crippen molar-refractivity contribution < 1.29 is 0 Å². The molecule has 0 aliphatic carbocycles. The van der Waals surface area contributed by atoms with Crippen LogP contribution >= 0.6 is 11.6 Å². The highest BCUT2D eigenvalue weighted by Gasteiger charge is 2.05. The molecule has 0 radical (unpaired) electrons. The van der Waals surface area contributed by atoms with Crippen LogP contribution in [0.3, 0.4) is 0 Å². The topological polar surface area (TPSA) is 30.7 Å². The second-order valence-electron chi connectivity index (χ2n) is 2.66. The SMILES string of the molecule is C=CCn1ccc2ncnc(Cl)c21. The van der Waals surface area contributed by atoms with Crippen LogP contribution in [0.1, 0.15) is 0 Å². The third kappa shape index (κ3) is 1.31. The summed E-state index contributed by atoms with van der Waals surface area (Å²) in [5, 5.41) is 0.483. The number of fused-ring (bicyclic) bond motifs is 1. The van der Waals surface area contributed by atoms with Gasteiger partial charge < -0.3 is 4.57 Å². The molecule has 0 aliphatic heterocycles. The Kier molecular flexibility index (Phi) is 2.02. The van der Waals surface area contributed by atoms with Crippen LogP contribution in [0, 0.1) is 0 Å². The van der Waals surface area contributed by atoms with Gasteiger partial charge in [0.1, 0.15) is 11.8 Å². The molecule has 0 fully saturated rings.